The third-order valence-electron chi connectivity index (χ3n) is 6.44. The Morgan fingerprint density at radius 3 is 2.45 bits per heavy atom. The van der Waals surface area contributed by atoms with Gasteiger partial charge in [-0.15, -0.1) is 0 Å². The van der Waals surface area contributed by atoms with Crippen molar-refractivity contribution >= 4 is 23.5 Å². The monoisotopic (exact) mass is 454 g/mol. The zero-order valence-corrected chi connectivity index (χ0v) is 18.5. The number of ether oxygens (including phenoxy) is 1. The summed E-state index contributed by atoms with van der Waals surface area (Å²) in [5.74, 6) is -5.01. The minimum Gasteiger partial charge on any atom is -0.508 e. The van der Waals surface area contributed by atoms with Gasteiger partial charge in [0.2, 0.25) is 11.8 Å². The number of carboxylic acid groups (broad SMARTS) is 1. The molecule has 2 heterocycles. The molecule has 0 saturated carbocycles. The SMILES string of the molecule is COc1ccccc1N1C(=O)[C@@H]2[C@H](c3ccc(O)cc3O)N[C@@](CC(C)C)(C(=O)O)[C@H]2C1=O. The second-order valence-corrected chi connectivity index (χ2v) is 8.93. The maximum absolute atomic E-state index is 13.7. The van der Waals surface area contributed by atoms with Crippen LogP contribution in [0.2, 0.25) is 0 Å². The number of methoxy groups -OCH3 is 1. The number of nitrogens with one attached hydrogen (secondary N) is 1. The fourth-order valence-corrected chi connectivity index (χ4v) is 5.23. The van der Waals surface area contributed by atoms with Gasteiger partial charge < -0.3 is 20.1 Å². The highest BCUT2D eigenvalue weighted by Crippen LogP contribution is 2.53. The van der Waals surface area contributed by atoms with Crippen LogP contribution in [0.1, 0.15) is 31.9 Å². The molecule has 2 saturated heterocycles. The average Bonchev–Trinajstić information content (AvgIpc) is 3.22. The number of anilines is 1. The minimum atomic E-state index is -1.72. The topological polar surface area (TPSA) is 136 Å². The smallest absolute Gasteiger partial charge is 0.324 e. The molecule has 2 aliphatic rings. The van der Waals surface area contributed by atoms with E-state index in [-0.39, 0.29) is 35.1 Å². The summed E-state index contributed by atoms with van der Waals surface area (Å²) >= 11 is 0. The molecular weight excluding hydrogens is 428 g/mol. The Bertz CT molecular complexity index is 1130. The van der Waals surface area contributed by atoms with E-state index in [1.165, 1.54) is 19.2 Å². The Balaban J connectivity index is 1.91. The van der Waals surface area contributed by atoms with Crippen LogP contribution < -0.4 is 15.0 Å². The first-order valence-corrected chi connectivity index (χ1v) is 10.7. The predicted octanol–water partition coefficient (Wildman–Crippen LogP) is 2.43. The molecule has 2 aromatic carbocycles. The lowest BCUT2D eigenvalue weighted by atomic mass is 9.75. The molecule has 0 radical (unpaired) electrons. The van der Waals surface area contributed by atoms with Gasteiger partial charge in [-0.25, -0.2) is 4.90 Å². The van der Waals surface area contributed by atoms with Gasteiger partial charge in [0.15, 0.2) is 0 Å². The number of hydrogen-bond donors (Lipinski definition) is 4. The molecule has 33 heavy (non-hydrogen) atoms. The van der Waals surface area contributed by atoms with Crippen LogP contribution in [0.15, 0.2) is 42.5 Å². The van der Waals surface area contributed by atoms with Crippen molar-refractivity contribution in [2.24, 2.45) is 17.8 Å². The lowest BCUT2D eigenvalue weighted by molar-refractivity contribution is -0.149. The van der Waals surface area contributed by atoms with Crippen LogP contribution in [0, 0.1) is 17.8 Å². The summed E-state index contributed by atoms with van der Waals surface area (Å²) in [6, 6.07) is 9.48. The summed E-state index contributed by atoms with van der Waals surface area (Å²) in [6.45, 7) is 3.68. The Hall–Kier alpha value is -3.59. The van der Waals surface area contributed by atoms with Crippen molar-refractivity contribution in [3.63, 3.8) is 0 Å². The van der Waals surface area contributed by atoms with Crippen molar-refractivity contribution in [3.05, 3.63) is 48.0 Å². The van der Waals surface area contributed by atoms with Gasteiger partial charge in [-0.1, -0.05) is 32.0 Å². The molecule has 4 N–H and O–H groups in total. The van der Waals surface area contributed by atoms with Crippen LogP contribution in [0.3, 0.4) is 0 Å². The first-order chi connectivity index (χ1) is 15.6. The maximum atomic E-state index is 13.7. The number of imide groups is 1. The molecule has 2 amide bonds. The van der Waals surface area contributed by atoms with Gasteiger partial charge in [0.25, 0.3) is 0 Å². The molecule has 9 nitrogen and oxygen atoms in total. The van der Waals surface area contributed by atoms with E-state index < -0.39 is 41.2 Å². The Morgan fingerprint density at radius 1 is 1.15 bits per heavy atom. The van der Waals surface area contributed by atoms with E-state index in [1.54, 1.807) is 24.3 Å². The molecule has 0 spiro atoms. The zero-order valence-electron chi connectivity index (χ0n) is 18.5. The summed E-state index contributed by atoms with van der Waals surface area (Å²) in [5.41, 5.74) is -1.25. The van der Waals surface area contributed by atoms with E-state index in [4.69, 9.17) is 4.74 Å². The normalized spacial score (nSPS) is 26.7. The van der Waals surface area contributed by atoms with Crippen LogP contribution in [0.25, 0.3) is 0 Å². The number of phenols is 2. The first kappa shape index (κ1) is 22.6. The van der Waals surface area contributed by atoms with Crippen LogP contribution in [-0.2, 0) is 14.4 Å². The van der Waals surface area contributed by atoms with Crippen molar-refractivity contribution in [2.75, 3.05) is 12.0 Å². The van der Waals surface area contributed by atoms with E-state index in [1.807, 2.05) is 13.8 Å². The van der Waals surface area contributed by atoms with Crippen molar-refractivity contribution in [1.82, 2.24) is 5.32 Å². The fraction of sp³-hybridized carbons (Fsp3) is 0.375. The van der Waals surface area contributed by atoms with Gasteiger partial charge in [-0.2, -0.15) is 0 Å². The van der Waals surface area contributed by atoms with Crippen molar-refractivity contribution in [1.29, 1.82) is 0 Å². The molecule has 0 aromatic heterocycles. The summed E-state index contributed by atoms with van der Waals surface area (Å²) in [5, 5.41) is 33.6. The lowest BCUT2D eigenvalue weighted by Crippen LogP contribution is -2.56. The number of aliphatic carboxylic acids is 1. The third-order valence-corrected chi connectivity index (χ3v) is 6.44. The minimum absolute atomic E-state index is 0.0949. The number of phenolic OH excluding ortho intramolecular Hbond substituents is 2. The van der Waals surface area contributed by atoms with E-state index in [9.17, 15) is 29.7 Å². The second kappa shape index (κ2) is 8.08. The number of aromatic hydroxyl groups is 2. The molecule has 0 bridgehead atoms. The number of carbonyl (C=O) groups excluding carboxylic acids is 2. The summed E-state index contributed by atoms with van der Waals surface area (Å²) in [4.78, 5) is 41.1. The maximum Gasteiger partial charge on any atom is 0.324 e. The van der Waals surface area contributed by atoms with Gasteiger partial charge in [0.1, 0.15) is 22.8 Å². The number of benzene rings is 2. The van der Waals surface area contributed by atoms with Crippen molar-refractivity contribution in [2.45, 2.75) is 31.8 Å². The molecular formula is C24H26N2O7. The van der Waals surface area contributed by atoms with E-state index in [0.29, 0.717) is 5.75 Å². The van der Waals surface area contributed by atoms with Crippen molar-refractivity contribution < 1.29 is 34.4 Å². The van der Waals surface area contributed by atoms with E-state index in [2.05, 4.69) is 5.32 Å². The highest BCUT2D eigenvalue weighted by Gasteiger charge is 2.69. The molecule has 2 fully saturated rings. The van der Waals surface area contributed by atoms with Gasteiger partial charge in [-0.05, 0) is 30.5 Å². The highest BCUT2D eigenvalue weighted by atomic mass is 16.5. The molecule has 4 atom stereocenters. The van der Waals surface area contributed by atoms with E-state index >= 15 is 0 Å². The second-order valence-electron chi connectivity index (χ2n) is 8.93. The van der Waals surface area contributed by atoms with Crippen LogP contribution in [0.5, 0.6) is 17.2 Å². The van der Waals surface area contributed by atoms with Gasteiger partial charge >= 0.3 is 5.97 Å². The number of amides is 2. The molecule has 0 aliphatic carbocycles. The number of hydrogen-bond acceptors (Lipinski definition) is 7. The average molecular weight is 454 g/mol. The van der Waals surface area contributed by atoms with Gasteiger partial charge in [-0.3, -0.25) is 19.7 Å². The van der Waals surface area contributed by atoms with Crippen LogP contribution in [-0.4, -0.2) is 45.8 Å². The summed E-state index contributed by atoms with van der Waals surface area (Å²) in [7, 11) is 1.42. The quantitative estimate of drug-likeness (QED) is 0.489. The molecule has 174 valence electrons. The largest absolute Gasteiger partial charge is 0.508 e. The number of carboxylic acids is 1. The number of rotatable bonds is 6. The zero-order chi connectivity index (χ0) is 24.1. The number of carbonyl (C=O) groups is 3. The fourth-order valence-electron chi connectivity index (χ4n) is 5.23. The standard InChI is InChI=1S/C24H26N2O7/c1-12(2)11-24(23(31)32)19-18(20(25-24)14-9-8-13(27)10-16(14)28)21(29)26(22(19)30)15-6-4-5-7-17(15)33-3/h4-10,12,18-20,25,27-28H,11H2,1-3H3,(H,31,32)/t18-,19+,20-,24+/m0/s1. The number of nitrogens with zero attached hydrogens (tertiary/aromatic N) is 1. The van der Waals surface area contributed by atoms with Gasteiger partial charge in [0.05, 0.1) is 24.6 Å². The Morgan fingerprint density at radius 2 is 1.85 bits per heavy atom. The van der Waals surface area contributed by atoms with Gasteiger partial charge in [0, 0.05) is 17.7 Å². The Kier molecular flexibility index (Phi) is 5.53. The summed E-state index contributed by atoms with van der Waals surface area (Å²) < 4.78 is 5.34. The molecule has 9 heteroatoms. The van der Waals surface area contributed by atoms with Crippen LogP contribution >= 0.6 is 0 Å². The number of fused-ring (bicyclic) bond motifs is 1. The Labute approximate surface area is 190 Å². The third kappa shape index (κ3) is 3.39. The predicted molar refractivity (Wildman–Crippen MR) is 118 cm³/mol. The molecule has 2 aromatic rings. The highest BCUT2D eigenvalue weighted by molar-refractivity contribution is 6.24. The first-order valence-electron chi connectivity index (χ1n) is 10.7. The van der Waals surface area contributed by atoms with Crippen molar-refractivity contribution in [3.8, 4) is 17.2 Å². The van der Waals surface area contributed by atoms with E-state index in [0.717, 1.165) is 11.0 Å². The molecule has 2 aliphatic heterocycles. The number of para-hydroxylation sites is 2. The molecule has 0 unspecified atom stereocenters. The summed E-state index contributed by atoms with van der Waals surface area (Å²) in [6.07, 6.45) is 0.0949. The molecule has 4 rings (SSSR count). The lowest BCUT2D eigenvalue weighted by Gasteiger charge is -2.32. The van der Waals surface area contributed by atoms with Crippen LogP contribution in [0.4, 0.5) is 5.69 Å².